The van der Waals surface area contributed by atoms with Gasteiger partial charge in [0.15, 0.2) is 0 Å². The molecule has 0 aromatic carbocycles. The number of aromatic nitrogens is 1. The van der Waals surface area contributed by atoms with Crippen LogP contribution in [-0.2, 0) is 4.79 Å². The molecule has 2 rings (SSSR count). The Morgan fingerprint density at radius 3 is 2.80 bits per heavy atom. The molecule has 1 aliphatic rings. The second kappa shape index (κ2) is 4.09. The van der Waals surface area contributed by atoms with E-state index in [0.717, 1.165) is 0 Å². The second-order valence-electron chi connectivity index (χ2n) is 3.51. The van der Waals surface area contributed by atoms with Gasteiger partial charge in [-0.25, -0.2) is 4.98 Å². The van der Waals surface area contributed by atoms with E-state index >= 15 is 0 Å². The van der Waals surface area contributed by atoms with Crippen LogP contribution in [0.15, 0.2) is 18.3 Å². The van der Waals surface area contributed by atoms with E-state index in [1.807, 2.05) is 4.90 Å². The van der Waals surface area contributed by atoms with Gasteiger partial charge in [-0.15, -0.1) is 0 Å². The molecule has 4 heteroatoms. The summed E-state index contributed by atoms with van der Waals surface area (Å²) in [5.41, 5.74) is 0.576. The minimum Gasteiger partial charge on any atom is -0.355 e. The first kappa shape index (κ1) is 9.66. The molecule has 0 amide bonds. The summed E-state index contributed by atoms with van der Waals surface area (Å²) < 4.78 is 0. The molecule has 0 N–H and O–H groups in total. The van der Waals surface area contributed by atoms with Gasteiger partial charge in [0.25, 0.3) is 0 Å². The van der Waals surface area contributed by atoms with Crippen molar-refractivity contribution in [2.24, 2.45) is 0 Å². The normalized spacial score (nSPS) is 16.2. The number of rotatable bonds is 1. The van der Waals surface area contributed by atoms with Crippen molar-refractivity contribution in [3.05, 3.63) is 23.9 Å². The zero-order chi connectivity index (χ0) is 10.7. The SMILES string of the molecule is N#Cc1cccnc1N1CCC(=O)CC1. The monoisotopic (exact) mass is 201 g/mol. The third kappa shape index (κ3) is 1.96. The van der Waals surface area contributed by atoms with Crippen molar-refractivity contribution in [2.45, 2.75) is 12.8 Å². The van der Waals surface area contributed by atoms with Crippen LogP contribution in [0.1, 0.15) is 18.4 Å². The van der Waals surface area contributed by atoms with Crippen LogP contribution < -0.4 is 4.90 Å². The maximum absolute atomic E-state index is 11.1. The number of hydrogen-bond donors (Lipinski definition) is 0. The first-order chi connectivity index (χ1) is 7.31. The van der Waals surface area contributed by atoms with E-state index in [2.05, 4.69) is 11.1 Å². The van der Waals surface area contributed by atoms with Gasteiger partial charge in [0, 0.05) is 32.1 Å². The summed E-state index contributed by atoms with van der Waals surface area (Å²) in [6.07, 6.45) is 2.79. The maximum atomic E-state index is 11.1. The maximum Gasteiger partial charge on any atom is 0.146 e. The average molecular weight is 201 g/mol. The molecule has 76 valence electrons. The summed E-state index contributed by atoms with van der Waals surface area (Å²) >= 11 is 0. The molecule has 0 saturated carbocycles. The Bertz CT molecular complexity index is 412. The van der Waals surface area contributed by atoms with Crippen LogP contribution in [-0.4, -0.2) is 23.9 Å². The summed E-state index contributed by atoms with van der Waals surface area (Å²) in [5, 5.41) is 8.92. The van der Waals surface area contributed by atoms with Gasteiger partial charge in [-0.1, -0.05) is 0 Å². The molecule has 0 radical (unpaired) electrons. The van der Waals surface area contributed by atoms with Crippen LogP contribution in [0.2, 0.25) is 0 Å². The van der Waals surface area contributed by atoms with Crippen LogP contribution in [0.25, 0.3) is 0 Å². The molecular formula is C11H11N3O. The third-order valence-corrected chi connectivity index (χ3v) is 2.53. The molecule has 1 saturated heterocycles. The Balaban J connectivity index is 2.23. The highest BCUT2D eigenvalue weighted by Gasteiger charge is 2.19. The molecule has 1 fully saturated rings. The summed E-state index contributed by atoms with van der Waals surface area (Å²) in [6.45, 7) is 1.34. The topological polar surface area (TPSA) is 57.0 Å². The summed E-state index contributed by atoms with van der Waals surface area (Å²) in [5.74, 6) is 0.994. The third-order valence-electron chi connectivity index (χ3n) is 2.53. The Kier molecular flexibility index (Phi) is 2.64. The molecule has 0 spiro atoms. The van der Waals surface area contributed by atoms with Crippen LogP contribution in [0.4, 0.5) is 5.82 Å². The van der Waals surface area contributed by atoms with Crippen molar-refractivity contribution >= 4 is 11.6 Å². The molecule has 1 aromatic rings. The van der Waals surface area contributed by atoms with E-state index in [1.165, 1.54) is 0 Å². The number of nitrogens with zero attached hydrogens (tertiary/aromatic N) is 3. The number of anilines is 1. The summed E-state index contributed by atoms with van der Waals surface area (Å²) in [6, 6.07) is 5.61. The molecule has 15 heavy (non-hydrogen) atoms. The fourth-order valence-corrected chi connectivity index (χ4v) is 1.70. The predicted octanol–water partition coefficient (Wildman–Crippen LogP) is 1.12. The van der Waals surface area contributed by atoms with Crippen molar-refractivity contribution in [1.82, 2.24) is 4.98 Å². The zero-order valence-electron chi connectivity index (χ0n) is 8.31. The lowest BCUT2D eigenvalue weighted by Gasteiger charge is -2.27. The lowest BCUT2D eigenvalue weighted by Crippen LogP contribution is -2.34. The predicted molar refractivity (Wildman–Crippen MR) is 55.4 cm³/mol. The molecule has 1 aromatic heterocycles. The van der Waals surface area contributed by atoms with Crippen molar-refractivity contribution in [2.75, 3.05) is 18.0 Å². The van der Waals surface area contributed by atoms with E-state index in [4.69, 9.17) is 5.26 Å². The van der Waals surface area contributed by atoms with Gasteiger partial charge in [-0.05, 0) is 12.1 Å². The highest BCUT2D eigenvalue weighted by atomic mass is 16.1. The molecule has 0 atom stereocenters. The van der Waals surface area contributed by atoms with E-state index in [1.54, 1.807) is 18.3 Å². The van der Waals surface area contributed by atoms with E-state index in [-0.39, 0.29) is 0 Å². The highest BCUT2D eigenvalue weighted by Crippen LogP contribution is 2.19. The summed E-state index contributed by atoms with van der Waals surface area (Å²) in [4.78, 5) is 17.3. The quantitative estimate of drug-likeness (QED) is 0.683. The zero-order valence-corrected chi connectivity index (χ0v) is 8.31. The molecule has 2 heterocycles. The van der Waals surface area contributed by atoms with Crippen molar-refractivity contribution in [3.8, 4) is 6.07 Å². The number of carbonyl (C=O) groups is 1. The van der Waals surface area contributed by atoms with Crippen LogP contribution in [0.5, 0.6) is 0 Å². The fraction of sp³-hybridized carbons (Fsp3) is 0.364. The van der Waals surface area contributed by atoms with E-state index in [0.29, 0.717) is 43.1 Å². The Morgan fingerprint density at radius 2 is 2.13 bits per heavy atom. The van der Waals surface area contributed by atoms with Gasteiger partial charge < -0.3 is 4.90 Å². The lowest BCUT2D eigenvalue weighted by atomic mass is 10.1. The minimum atomic E-state index is 0.292. The van der Waals surface area contributed by atoms with Crippen molar-refractivity contribution < 1.29 is 4.79 Å². The molecule has 0 aliphatic carbocycles. The molecule has 4 nitrogen and oxygen atoms in total. The van der Waals surface area contributed by atoms with Gasteiger partial charge in [0.05, 0.1) is 5.56 Å². The number of hydrogen-bond acceptors (Lipinski definition) is 4. The van der Waals surface area contributed by atoms with E-state index < -0.39 is 0 Å². The summed E-state index contributed by atoms with van der Waals surface area (Å²) in [7, 11) is 0. The Labute approximate surface area is 88.1 Å². The fourth-order valence-electron chi connectivity index (χ4n) is 1.70. The average Bonchev–Trinajstić information content (AvgIpc) is 2.30. The molecule has 1 aliphatic heterocycles. The number of ketones is 1. The molecular weight excluding hydrogens is 190 g/mol. The molecule has 0 bridgehead atoms. The molecule has 0 unspecified atom stereocenters. The van der Waals surface area contributed by atoms with Crippen molar-refractivity contribution in [3.63, 3.8) is 0 Å². The van der Waals surface area contributed by atoms with Crippen LogP contribution in [0.3, 0.4) is 0 Å². The first-order valence-electron chi connectivity index (χ1n) is 4.93. The Hall–Kier alpha value is -1.89. The van der Waals surface area contributed by atoms with E-state index in [9.17, 15) is 4.79 Å². The van der Waals surface area contributed by atoms with Gasteiger partial charge in [0.1, 0.15) is 17.7 Å². The van der Waals surface area contributed by atoms with Crippen LogP contribution >= 0.6 is 0 Å². The van der Waals surface area contributed by atoms with Gasteiger partial charge in [-0.2, -0.15) is 5.26 Å². The second-order valence-corrected chi connectivity index (χ2v) is 3.51. The van der Waals surface area contributed by atoms with Gasteiger partial charge in [-0.3, -0.25) is 4.79 Å². The number of Topliss-reactive ketones (excluding diaryl/α,β-unsaturated/α-hetero) is 1. The largest absolute Gasteiger partial charge is 0.355 e. The smallest absolute Gasteiger partial charge is 0.146 e. The lowest BCUT2D eigenvalue weighted by molar-refractivity contribution is -0.119. The number of nitriles is 1. The number of carbonyl (C=O) groups excluding carboxylic acids is 1. The Morgan fingerprint density at radius 1 is 1.40 bits per heavy atom. The highest BCUT2D eigenvalue weighted by molar-refractivity contribution is 5.81. The van der Waals surface area contributed by atoms with Gasteiger partial charge in [0.2, 0.25) is 0 Å². The van der Waals surface area contributed by atoms with Crippen molar-refractivity contribution in [1.29, 1.82) is 5.26 Å². The minimum absolute atomic E-state index is 0.292. The standard InChI is InChI=1S/C11H11N3O/c12-8-9-2-1-5-13-11(9)14-6-3-10(15)4-7-14/h1-2,5H,3-4,6-7H2. The number of pyridine rings is 1. The van der Waals surface area contributed by atoms with Crippen LogP contribution in [0, 0.1) is 11.3 Å². The first-order valence-corrected chi connectivity index (χ1v) is 4.93. The number of piperidine rings is 1. The van der Waals surface area contributed by atoms with Gasteiger partial charge >= 0.3 is 0 Å².